The number of anilines is 1. The Bertz CT molecular complexity index is 1020. The van der Waals surface area contributed by atoms with Gasteiger partial charge in [0.15, 0.2) is 6.61 Å². The third-order valence-electron chi connectivity index (χ3n) is 3.92. The first-order valence-electron chi connectivity index (χ1n) is 8.71. The van der Waals surface area contributed by atoms with Gasteiger partial charge in [0.05, 0.1) is 6.42 Å². The molecule has 0 radical (unpaired) electrons. The quantitative estimate of drug-likeness (QED) is 0.500. The van der Waals surface area contributed by atoms with E-state index in [0.717, 1.165) is 15.6 Å². The molecule has 0 unspecified atom stereocenters. The fraction of sp³-hybridized carbons (Fsp3) is 0.200. The third kappa shape index (κ3) is 6.13. The minimum atomic E-state index is -0.529. The molecule has 0 aliphatic carbocycles. The second-order valence-electron chi connectivity index (χ2n) is 6.19. The summed E-state index contributed by atoms with van der Waals surface area (Å²) in [6.07, 6.45) is 0.236. The maximum absolute atomic E-state index is 11.9. The molecule has 0 aliphatic heterocycles. The number of carbonyl (C=O) groups is 2. The van der Waals surface area contributed by atoms with Crippen LogP contribution >= 0.6 is 27.5 Å². The molecule has 1 amide bonds. The Morgan fingerprint density at radius 2 is 1.97 bits per heavy atom. The number of nitrogens with one attached hydrogen (secondary N) is 1. The first-order chi connectivity index (χ1) is 13.9. The van der Waals surface area contributed by atoms with Gasteiger partial charge >= 0.3 is 5.97 Å². The summed E-state index contributed by atoms with van der Waals surface area (Å²) >= 11 is 9.25. The van der Waals surface area contributed by atoms with E-state index >= 15 is 0 Å². The first kappa shape index (κ1) is 21.0. The van der Waals surface area contributed by atoms with Crippen molar-refractivity contribution in [1.29, 1.82) is 0 Å². The molecule has 1 aromatic heterocycles. The van der Waals surface area contributed by atoms with Crippen molar-refractivity contribution in [3.8, 4) is 11.4 Å². The average Bonchev–Trinajstić information content (AvgIpc) is 3.17. The van der Waals surface area contributed by atoms with Crippen LogP contribution in [-0.2, 0) is 20.7 Å². The van der Waals surface area contributed by atoms with Crippen LogP contribution in [0.25, 0.3) is 11.4 Å². The number of aryl methyl sites for hydroxylation is 2. The number of rotatable bonds is 7. The van der Waals surface area contributed by atoms with Crippen molar-refractivity contribution >= 4 is 45.1 Å². The van der Waals surface area contributed by atoms with E-state index in [9.17, 15) is 9.59 Å². The van der Waals surface area contributed by atoms with Gasteiger partial charge in [0.2, 0.25) is 11.7 Å². The molecule has 3 rings (SSSR count). The monoisotopic (exact) mass is 477 g/mol. The zero-order valence-corrected chi connectivity index (χ0v) is 17.8. The molecule has 29 heavy (non-hydrogen) atoms. The van der Waals surface area contributed by atoms with Crippen LogP contribution in [-0.4, -0.2) is 28.6 Å². The molecule has 0 aliphatic rings. The van der Waals surface area contributed by atoms with Gasteiger partial charge in [-0.2, -0.15) is 4.98 Å². The average molecular weight is 479 g/mol. The van der Waals surface area contributed by atoms with E-state index in [-0.39, 0.29) is 19.4 Å². The highest BCUT2D eigenvalue weighted by molar-refractivity contribution is 9.10. The highest BCUT2D eigenvalue weighted by Gasteiger charge is 2.13. The van der Waals surface area contributed by atoms with Gasteiger partial charge in [-0.3, -0.25) is 9.59 Å². The van der Waals surface area contributed by atoms with E-state index in [2.05, 4.69) is 31.4 Å². The second kappa shape index (κ2) is 9.67. The molecule has 150 valence electrons. The lowest BCUT2D eigenvalue weighted by Gasteiger charge is -2.07. The summed E-state index contributed by atoms with van der Waals surface area (Å²) < 4.78 is 11.1. The molecule has 0 saturated heterocycles. The predicted molar refractivity (Wildman–Crippen MR) is 112 cm³/mol. The van der Waals surface area contributed by atoms with Crippen LogP contribution in [0.5, 0.6) is 0 Å². The number of carbonyl (C=O) groups excluding carboxylic acids is 2. The van der Waals surface area contributed by atoms with Crippen molar-refractivity contribution < 1.29 is 18.8 Å². The van der Waals surface area contributed by atoms with Gasteiger partial charge in [0.25, 0.3) is 5.91 Å². The molecule has 0 spiro atoms. The largest absolute Gasteiger partial charge is 0.456 e. The maximum atomic E-state index is 11.9. The summed E-state index contributed by atoms with van der Waals surface area (Å²) in [7, 11) is 0. The Labute approximate surface area is 180 Å². The number of aromatic nitrogens is 2. The van der Waals surface area contributed by atoms with Gasteiger partial charge in [-0.05, 0) is 55.0 Å². The Hall–Kier alpha value is -2.71. The summed E-state index contributed by atoms with van der Waals surface area (Å²) in [6.45, 7) is 1.55. The number of nitrogens with zero attached hydrogens (tertiary/aromatic N) is 2. The molecule has 3 aromatic rings. The molecule has 7 nitrogen and oxygen atoms in total. The Morgan fingerprint density at radius 1 is 1.21 bits per heavy atom. The fourth-order valence-electron chi connectivity index (χ4n) is 2.42. The molecule has 2 aromatic carbocycles. The van der Waals surface area contributed by atoms with Gasteiger partial charge in [0, 0.05) is 27.2 Å². The van der Waals surface area contributed by atoms with Crippen molar-refractivity contribution in [3.05, 3.63) is 63.4 Å². The molecule has 1 N–H and O–H groups in total. The first-order valence-corrected chi connectivity index (χ1v) is 9.88. The summed E-state index contributed by atoms with van der Waals surface area (Å²) in [5.41, 5.74) is 2.37. The Kier molecular flexibility index (Phi) is 7.00. The van der Waals surface area contributed by atoms with Gasteiger partial charge < -0.3 is 14.6 Å². The smallest absolute Gasteiger partial charge is 0.306 e. The molecule has 1 heterocycles. The highest BCUT2D eigenvalue weighted by Crippen LogP contribution is 2.20. The summed E-state index contributed by atoms with van der Waals surface area (Å²) in [5.74, 6) is -0.225. The van der Waals surface area contributed by atoms with Crippen LogP contribution in [0, 0.1) is 6.92 Å². The standard InChI is InChI=1S/C20H17BrClN3O4/c1-12-10-15(6-7-16(12)21)23-17(26)11-28-19(27)9-8-18-24-20(25-29-18)13-2-4-14(22)5-3-13/h2-7,10H,8-9,11H2,1H3,(H,23,26). The van der Waals surface area contributed by atoms with Crippen molar-refractivity contribution in [1.82, 2.24) is 10.1 Å². The van der Waals surface area contributed by atoms with Crippen molar-refractivity contribution in [2.45, 2.75) is 19.8 Å². The summed E-state index contributed by atoms with van der Waals surface area (Å²) in [6, 6.07) is 12.4. The molecular formula is C20H17BrClN3O4. The lowest BCUT2D eigenvalue weighted by molar-refractivity contribution is -0.147. The van der Waals surface area contributed by atoms with Crippen LogP contribution in [0.1, 0.15) is 17.9 Å². The Morgan fingerprint density at radius 3 is 2.69 bits per heavy atom. The van der Waals surface area contributed by atoms with Crippen LogP contribution in [0.4, 0.5) is 5.69 Å². The van der Waals surface area contributed by atoms with Crippen LogP contribution in [0.15, 0.2) is 51.5 Å². The lowest BCUT2D eigenvalue weighted by Crippen LogP contribution is -2.21. The van der Waals surface area contributed by atoms with Crippen molar-refractivity contribution in [3.63, 3.8) is 0 Å². The van der Waals surface area contributed by atoms with Gasteiger partial charge in [-0.15, -0.1) is 0 Å². The van der Waals surface area contributed by atoms with Crippen LogP contribution < -0.4 is 5.32 Å². The number of amides is 1. The number of hydrogen-bond donors (Lipinski definition) is 1. The van der Waals surface area contributed by atoms with E-state index in [1.165, 1.54) is 0 Å². The number of esters is 1. The van der Waals surface area contributed by atoms with E-state index in [1.54, 1.807) is 30.3 Å². The van der Waals surface area contributed by atoms with E-state index < -0.39 is 11.9 Å². The zero-order valence-electron chi connectivity index (χ0n) is 15.4. The highest BCUT2D eigenvalue weighted by atomic mass is 79.9. The van der Waals surface area contributed by atoms with E-state index in [4.69, 9.17) is 20.9 Å². The van der Waals surface area contributed by atoms with Gasteiger partial charge in [-0.25, -0.2) is 0 Å². The molecular weight excluding hydrogens is 462 g/mol. The molecule has 0 atom stereocenters. The molecule has 0 fully saturated rings. The van der Waals surface area contributed by atoms with Crippen molar-refractivity contribution in [2.24, 2.45) is 0 Å². The number of halogens is 2. The zero-order chi connectivity index (χ0) is 20.8. The van der Waals surface area contributed by atoms with Crippen molar-refractivity contribution in [2.75, 3.05) is 11.9 Å². The number of ether oxygens (including phenoxy) is 1. The maximum Gasteiger partial charge on any atom is 0.306 e. The van der Waals surface area contributed by atoms with Crippen LogP contribution in [0.2, 0.25) is 5.02 Å². The van der Waals surface area contributed by atoms with Gasteiger partial charge in [-0.1, -0.05) is 32.7 Å². The molecule has 9 heteroatoms. The normalized spacial score (nSPS) is 10.6. The van der Waals surface area contributed by atoms with E-state index in [1.807, 2.05) is 19.1 Å². The van der Waals surface area contributed by atoms with Gasteiger partial charge in [0.1, 0.15) is 0 Å². The second-order valence-corrected chi connectivity index (χ2v) is 7.48. The molecule has 0 bridgehead atoms. The third-order valence-corrected chi connectivity index (χ3v) is 5.06. The fourth-order valence-corrected chi connectivity index (χ4v) is 2.79. The minimum Gasteiger partial charge on any atom is -0.456 e. The number of hydrogen-bond acceptors (Lipinski definition) is 6. The van der Waals surface area contributed by atoms with Crippen LogP contribution in [0.3, 0.4) is 0 Å². The minimum absolute atomic E-state index is 0.0208. The lowest BCUT2D eigenvalue weighted by atomic mass is 10.2. The topological polar surface area (TPSA) is 94.3 Å². The SMILES string of the molecule is Cc1cc(NC(=O)COC(=O)CCc2nc(-c3ccc(Cl)cc3)no2)ccc1Br. The molecule has 0 saturated carbocycles. The van der Waals surface area contributed by atoms with E-state index in [0.29, 0.717) is 22.4 Å². The summed E-state index contributed by atoms with van der Waals surface area (Å²) in [4.78, 5) is 28.0. The summed E-state index contributed by atoms with van der Waals surface area (Å²) in [5, 5.41) is 7.17. The Balaban J connectivity index is 1.43. The predicted octanol–water partition coefficient (Wildman–Crippen LogP) is 4.58. The number of benzene rings is 2.